The Kier molecular flexibility index (Phi) is 4.10. The van der Waals surface area contributed by atoms with Crippen molar-refractivity contribution < 1.29 is 15.0 Å². The second-order valence-electron chi connectivity index (χ2n) is 6.22. The summed E-state index contributed by atoms with van der Waals surface area (Å²) in [5, 5.41) is 22.1. The van der Waals surface area contributed by atoms with Gasteiger partial charge in [-0.25, -0.2) is 9.78 Å². The van der Waals surface area contributed by atoms with E-state index in [4.69, 9.17) is 0 Å². The van der Waals surface area contributed by atoms with E-state index in [2.05, 4.69) is 10.3 Å². The number of nitrogens with zero attached hydrogens (tertiary/aromatic N) is 1. The van der Waals surface area contributed by atoms with Crippen LogP contribution in [0, 0.1) is 5.92 Å². The maximum atomic E-state index is 11.4. The Morgan fingerprint density at radius 1 is 1.33 bits per heavy atom. The smallest absolute Gasteiger partial charge is 0.339 e. The number of aryl methyl sites for hydroxylation is 2. The lowest BCUT2D eigenvalue weighted by molar-refractivity contribution is 0.0697. The summed E-state index contributed by atoms with van der Waals surface area (Å²) in [6.07, 6.45) is 6.52. The van der Waals surface area contributed by atoms with Gasteiger partial charge in [0.25, 0.3) is 0 Å². The maximum Gasteiger partial charge on any atom is 0.339 e. The maximum absolute atomic E-state index is 11.4. The average Bonchev–Trinajstić information content (AvgIpc) is 2.89. The molecule has 2 aliphatic carbocycles. The Balaban J connectivity index is 1.77. The van der Waals surface area contributed by atoms with Crippen molar-refractivity contribution in [1.82, 2.24) is 4.98 Å². The minimum atomic E-state index is -0.926. The van der Waals surface area contributed by atoms with Gasteiger partial charge in [-0.1, -0.05) is 0 Å². The van der Waals surface area contributed by atoms with Crippen molar-refractivity contribution in [3.63, 3.8) is 0 Å². The van der Waals surface area contributed by atoms with Crippen LogP contribution in [0.2, 0.25) is 0 Å². The highest BCUT2D eigenvalue weighted by molar-refractivity contribution is 5.93. The van der Waals surface area contributed by atoms with E-state index in [1.165, 1.54) is 0 Å². The van der Waals surface area contributed by atoms with Gasteiger partial charge < -0.3 is 15.5 Å². The molecule has 0 aromatic carbocycles. The number of aliphatic hydroxyl groups is 1. The number of anilines is 1. The molecular weight excluding hydrogens is 268 g/mol. The number of hydrogen-bond acceptors (Lipinski definition) is 4. The molecule has 1 heterocycles. The molecule has 0 spiro atoms. The van der Waals surface area contributed by atoms with Crippen LogP contribution < -0.4 is 5.32 Å². The van der Waals surface area contributed by atoms with Gasteiger partial charge >= 0.3 is 5.97 Å². The SMILES string of the molecule is O=C(O)c1cc2c(nc1NCC1CCC(O)C1)CCCC2. The number of hydrogen-bond donors (Lipinski definition) is 3. The van der Waals surface area contributed by atoms with Crippen molar-refractivity contribution in [2.75, 3.05) is 11.9 Å². The molecule has 2 unspecified atom stereocenters. The van der Waals surface area contributed by atoms with E-state index in [9.17, 15) is 15.0 Å². The third-order valence-corrected chi connectivity index (χ3v) is 4.60. The van der Waals surface area contributed by atoms with Crippen molar-refractivity contribution in [3.8, 4) is 0 Å². The molecule has 2 atom stereocenters. The Labute approximate surface area is 124 Å². The second kappa shape index (κ2) is 6.02. The summed E-state index contributed by atoms with van der Waals surface area (Å²) in [7, 11) is 0. The molecule has 0 bridgehead atoms. The zero-order valence-corrected chi connectivity index (χ0v) is 12.1. The Morgan fingerprint density at radius 2 is 2.14 bits per heavy atom. The molecule has 3 N–H and O–H groups in total. The van der Waals surface area contributed by atoms with Gasteiger partial charge in [0.1, 0.15) is 11.4 Å². The lowest BCUT2D eigenvalue weighted by atomic mass is 9.94. The predicted molar refractivity (Wildman–Crippen MR) is 79.7 cm³/mol. The number of carbonyl (C=O) groups is 1. The molecule has 1 fully saturated rings. The number of nitrogens with one attached hydrogen (secondary N) is 1. The molecule has 0 saturated heterocycles. The highest BCUT2D eigenvalue weighted by Gasteiger charge is 2.24. The molecule has 2 aliphatic rings. The zero-order chi connectivity index (χ0) is 14.8. The van der Waals surface area contributed by atoms with Gasteiger partial charge in [-0.2, -0.15) is 0 Å². The van der Waals surface area contributed by atoms with Gasteiger partial charge in [0.05, 0.1) is 6.10 Å². The topological polar surface area (TPSA) is 82.5 Å². The van der Waals surface area contributed by atoms with E-state index in [1.54, 1.807) is 6.07 Å². The summed E-state index contributed by atoms with van der Waals surface area (Å²) >= 11 is 0. The molecule has 5 heteroatoms. The van der Waals surface area contributed by atoms with Crippen LogP contribution >= 0.6 is 0 Å². The molecule has 114 valence electrons. The van der Waals surface area contributed by atoms with Gasteiger partial charge in [0, 0.05) is 12.2 Å². The van der Waals surface area contributed by atoms with Crippen LogP contribution in [0.3, 0.4) is 0 Å². The number of carboxylic acids is 1. The van der Waals surface area contributed by atoms with Crippen molar-refractivity contribution in [3.05, 3.63) is 22.9 Å². The molecule has 1 aromatic heterocycles. The minimum Gasteiger partial charge on any atom is -0.478 e. The third-order valence-electron chi connectivity index (χ3n) is 4.60. The van der Waals surface area contributed by atoms with E-state index < -0.39 is 5.97 Å². The summed E-state index contributed by atoms with van der Waals surface area (Å²) in [6.45, 7) is 0.684. The first-order valence-corrected chi connectivity index (χ1v) is 7.81. The van der Waals surface area contributed by atoms with Crippen LogP contribution in [0.15, 0.2) is 6.07 Å². The van der Waals surface area contributed by atoms with Crippen LogP contribution in [-0.2, 0) is 12.8 Å². The molecule has 5 nitrogen and oxygen atoms in total. The number of pyridine rings is 1. The first kappa shape index (κ1) is 14.3. The Morgan fingerprint density at radius 3 is 2.86 bits per heavy atom. The van der Waals surface area contributed by atoms with Gasteiger partial charge in [0.15, 0.2) is 0 Å². The molecule has 0 aliphatic heterocycles. The van der Waals surface area contributed by atoms with E-state index in [1.807, 2.05) is 0 Å². The van der Waals surface area contributed by atoms with Crippen LogP contribution in [0.1, 0.15) is 53.7 Å². The number of fused-ring (bicyclic) bond motifs is 1. The average molecular weight is 290 g/mol. The Hall–Kier alpha value is -1.62. The molecule has 1 saturated carbocycles. The number of aromatic carboxylic acids is 1. The van der Waals surface area contributed by atoms with E-state index in [-0.39, 0.29) is 11.7 Å². The second-order valence-corrected chi connectivity index (χ2v) is 6.22. The fraction of sp³-hybridized carbons (Fsp3) is 0.625. The normalized spacial score (nSPS) is 24.6. The number of aromatic nitrogens is 1. The van der Waals surface area contributed by atoms with Crippen molar-refractivity contribution >= 4 is 11.8 Å². The summed E-state index contributed by atoms with van der Waals surface area (Å²) in [4.78, 5) is 16.0. The van der Waals surface area contributed by atoms with Gasteiger partial charge in [-0.3, -0.25) is 0 Å². The van der Waals surface area contributed by atoms with E-state index >= 15 is 0 Å². The van der Waals surface area contributed by atoms with Crippen molar-refractivity contribution in [2.45, 2.75) is 51.0 Å². The molecule has 3 rings (SSSR count). The highest BCUT2D eigenvalue weighted by Crippen LogP contribution is 2.28. The predicted octanol–water partition coefficient (Wildman–Crippen LogP) is 2.23. The number of rotatable bonds is 4. The zero-order valence-electron chi connectivity index (χ0n) is 12.1. The fourth-order valence-corrected chi connectivity index (χ4v) is 3.41. The van der Waals surface area contributed by atoms with Crippen LogP contribution in [0.4, 0.5) is 5.82 Å². The van der Waals surface area contributed by atoms with Crippen LogP contribution in [0.25, 0.3) is 0 Å². The van der Waals surface area contributed by atoms with Crippen LogP contribution in [0.5, 0.6) is 0 Å². The highest BCUT2D eigenvalue weighted by atomic mass is 16.4. The molecular formula is C16H22N2O3. The molecule has 0 amide bonds. The third kappa shape index (κ3) is 3.18. The lowest BCUT2D eigenvalue weighted by Gasteiger charge is -2.19. The fourth-order valence-electron chi connectivity index (χ4n) is 3.41. The summed E-state index contributed by atoms with van der Waals surface area (Å²) < 4.78 is 0. The molecule has 0 radical (unpaired) electrons. The standard InChI is InChI=1S/C16H22N2O3/c19-12-6-5-10(7-12)9-17-15-13(16(20)21)8-11-3-1-2-4-14(11)18-15/h8,10,12,19H,1-7,9H2,(H,17,18)(H,20,21). The van der Waals surface area contributed by atoms with Crippen LogP contribution in [-0.4, -0.2) is 33.8 Å². The van der Waals surface area contributed by atoms with E-state index in [0.717, 1.165) is 56.2 Å². The largest absolute Gasteiger partial charge is 0.478 e. The first-order chi connectivity index (χ1) is 10.1. The lowest BCUT2D eigenvalue weighted by Crippen LogP contribution is -2.18. The quantitative estimate of drug-likeness (QED) is 0.792. The summed E-state index contributed by atoms with van der Waals surface area (Å²) in [5.41, 5.74) is 2.40. The minimum absolute atomic E-state index is 0.202. The van der Waals surface area contributed by atoms with Gasteiger partial charge in [-0.05, 0) is 62.5 Å². The Bertz CT molecular complexity index is 545. The number of carboxylic acid groups (broad SMARTS) is 1. The first-order valence-electron chi connectivity index (χ1n) is 7.81. The monoisotopic (exact) mass is 290 g/mol. The van der Waals surface area contributed by atoms with Crippen molar-refractivity contribution in [1.29, 1.82) is 0 Å². The van der Waals surface area contributed by atoms with Gasteiger partial charge in [-0.15, -0.1) is 0 Å². The number of aliphatic hydroxyl groups excluding tert-OH is 1. The van der Waals surface area contributed by atoms with Crippen molar-refractivity contribution in [2.24, 2.45) is 5.92 Å². The molecule has 21 heavy (non-hydrogen) atoms. The van der Waals surface area contributed by atoms with Gasteiger partial charge in [0.2, 0.25) is 0 Å². The summed E-state index contributed by atoms with van der Waals surface area (Å²) in [6, 6.07) is 1.79. The summed E-state index contributed by atoms with van der Waals surface area (Å²) in [5.74, 6) is -0.0335. The molecule has 1 aromatic rings. The van der Waals surface area contributed by atoms with E-state index in [0.29, 0.717) is 18.3 Å².